The number of hydrogen-bond acceptors (Lipinski definition) is 6. The maximum atomic E-state index is 11.8. The predicted octanol–water partition coefficient (Wildman–Crippen LogP) is 3.07. The van der Waals surface area contributed by atoms with E-state index in [0.29, 0.717) is 5.16 Å². The van der Waals surface area contributed by atoms with E-state index in [0.717, 1.165) is 22.6 Å². The number of allylic oxidation sites excluding steroid dienone is 1. The van der Waals surface area contributed by atoms with Crippen LogP contribution in [0.15, 0.2) is 46.7 Å². The molecular formula is C19H23N5OS. The zero-order chi connectivity index (χ0) is 18.9. The lowest BCUT2D eigenvalue weighted by Gasteiger charge is -2.11. The summed E-state index contributed by atoms with van der Waals surface area (Å²) in [4.78, 5) is 22.4. The molecule has 0 aliphatic carbocycles. The monoisotopic (exact) mass is 369 g/mol. The Bertz CT molecular complexity index is 780. The fourth-order valence-corrected chi connectivity index (χ4v) is 2.85. The van der Waals surface area contributed by atoms with Gasteiger partial charge >= 0.3 is 0 Å². The van der Waals surface area contributed by atoms with Gasteiger partial charge in [-0.3, -0.25) is 4.79 Å². The fraction of sp³-hybridized carbons (Fsp3) is 0.263. The molecule has 2 aromatic rings. The van der Waals surface area contributed by atoms with Gasteiger partial charge in [0.15, 0.2) is 5.16 Å². The van der Waals surface area contributed by atoms with Crippen LogP contribution in [0.1, 0.15) is 17.0 Å². The number of hydrogen-bond donors (Lipinski definition) is 1. The van der Waals surface area contributed by atoms with Gasteiger partial charge in [-0.1, -0.05) is 30.0 Å². The highest BCUT2D eigenvalue weighted by molar-refractivity contribution is 7.99. The molecule has 1 aromatic heterocycles. The highest BCUT2D eigenvalue weighted by Crippen LogP contribution is 2.14. The Morgan fingerprint density at radius 3 is 2.46 bits per heavy atom. The van der Waals surface area contributed by atoms with E-state index in [1.54, 1.807) is 12.3 Å². The number of amides is 1. The van der Waals surface area contributed by atoms with E-state index in [9.17, 15) is 4.79 Å². The zero-order valence-electron chi connectivity index (χ0n) is 15.4. The number of benzene rings is 1. The molecule has 0 bridgehead atoms. The van der Waals surface area contributed by atoms with Gasteiger partial charge in [-0.15, -0.1) is 0 Å². The standard InChI is InChI=1S/C19H23N5OS/c1-14-12-15(2)22-19(21-14)26-13-18(25)23-20-11-5-6-16-7-9-17(10-8-16)24(3)4/h5-12H,13H2,1-4H3,(H,23,25)/b6-5+,20-11-. The lowest BCUT2D eigenvalue weighted by molar-refractivity contribution is -0.118. The first kappa shape index (κ1) is 19.7. The van der Waals surface area contributed by atoms with Crippen molar-refractivity contribution in [3.05, 3.63) is 53.4 Å². The highest BCUT2D eigenvalue weighted by atomic mass is 32.2. The van der Waals surface area contributed by atoms with E-state index < -0.39 is 0 Å². The third kappa shape index (κ3) is 6.68. The molecule has 0 fully saturated rings. The van der Waals surface area contributed by atoms with Crippen molar-refractivity contribution in [2.75, 3.05) is 24.7 Å². The van der Waals surface area contributed by atoms with Crippen molar-refractivity contribution in [1.82, 2.24) is 15.4 Å². The maximum absolute atomic E-state index is 11.8. The first-order valence-electron chi connectivity index (χ1n) is 8.15. The molecule has 0 aliphatic rings. The number of aromatic nitrogens is 2. The van der Waals surface area contributed by atoms with Crippen LogP contribution in [-0.2, 0) is 4.79 Å². The van der Waals surface area contributed by atoms with Gasteiger partial charge in [0, 0.05) is 37.4 Å². The second kappa shape index (κ2) is 9.72. The van der Waals surface area contributed by atoms with Gasteiger partial charge in [0.1, 0.15) is 0 Å². The van der Waals surface area contributed by atoms with Crippen molar-refractivity contribution in [1.29, 1.82) is 0 Å². The van der Waals surface area contributed by atoms with E-state index in [4.69, 9.17) is 0 Å². The zero-order valence-corrected chi connectivity index (χ0v) is 16.2. The lowest BCUT2D eigenvalue weighted by Crippen LogP contribution is -2.19. The first-order valence-corrected chi connectivity index (χ1v) is 9.13. The van der Waals surface area contributed by atoms with Gasteiger partial charge in [-0.25, -0.2) is 15.4 Å². The normalized spacial score (nSPS) is 11.2. The van der Waals surface area contributed by atoms with Gasteiger partial charge in [-0.05, 0) is 43.7 Å². The highest BCUT2D eigenvalue weighted by Gasteiger charge is 2.05. The summed E-state index contributed by atoms with van der Waals surface area (Å²) in [5, 5.41) is 4.51. The summed E-state index contributed by atoms with van der Waals surface area (Å²) in [6, 6.07) is 10.0. The number of aryl methyl sites for hydroxylation is 2. The summed E-state index contributed by atoms with van der Waals surface area (Å²) >= 11 is 1.29. The van der Waals surface area contributed by atoms with Crippen LogP contribution in [0.4, 0.5) is 5.69 Å². The van der Waals surface area contributed by atoms with Crippen molar-refractivity contribution in [3.8, 4) is 0 Å². The summed E-state index contributed by atoms with van der Waals surface area (Å²) in [5.41, 5.74) is 6.48. The minimum atomic E-state index is -0.197. The number of hydrazone groups is 1. The van der Waals surface area contributed by atoms with Crippen molar-refractivity contribution in [2.24, 2.45) is 5.10 Å². The van der Waals surface area contributed by atoms with Crippen LogP contribution >= 0.6 is 11.8 Å². The van der Waals surface area contributed by atoms with Crippen LogP contribution in [-0.4, -0.2) is 41.9 Å². The Labute approximate surface area is 158 Å². The van der Waals surface area contributed by atoms with Crippen LogP contribution in [0.5, 0.6) is 0 Å². The van der Waals surface area contributed by atoms with E-state index in [1.165, 1.54) is 11.8 Å². The number of rotatable bonds is 7. The number of anilines is 1. The molecule has 7 heteroatoms. The number of carbonyl (C=O) groups excluding carboxylic acids is 1. The van der Waals surface area contributed by atoms with Crippen molar-refractivity contribution < 1.29 is 4.79 Å². The molecule has 1 N–H and O–H groups in total. The summed E-state index contributed by atoms with van der Waals surface area (Å²) in [6.07, 6.45) is 5.26. The molecule has 0 spiro atoms. The lowest BCUT2D eigenvalue weighted by atomic mass is 10.2. The molecular weight excluding hydrogens is 346 g/mol. The third-order valence-electron chi connectivity index (χ3n) is 3.34. The molecule has 0 saturated carbocycles. The molecule has 0 aliphatic heterocycles. The first-order chi connectivity index (χ1) is 12.4. The van der Waals surface area contributed by atoms with Crippen LogP contribution in [0.25, 0.3) is 6.08 Å². The van der Waals surface area contributed by atoms with Gasteiger partial charge in [0.2, 0.25) is 0 Å². The maximum Gasteiger partial charge on any atom is 0.250 e. The SMILES string of the molecule is Cc1cc(C)nc(SCC(=O)N/N=C\C=C\c2ccc(N(C)C)cc2)n1. The predicted molar refractivity (Wildman–Crippen MR) is 109 cm³/mol. The minimum Gasteiger partial charge on any atom is -0.378 e. The molecule has 1 heterocycles. The van der Waals surface area contributed by atoms with Crippen LogP contribution in [0.3, 0.4) is 0 Å². The Morgan fingerprint density at radius 1 is 1.19 bits per heavy atom. The molecule has 136 valence electrons. The summed E-state index contributed by atoms with van der Waals surface area (Å²) in [7, 11) is 4.01. The Morgan fingerprint density at radius 2 is 1.85 bits per heavy atom. The fourth-order valence-electron chi connectivity index (χ4n) is 2.11. The molecule has 1 amide bonds. The molecule has 26 heavy (non-hydrogen) atoms. The Balaban J connectivity index is 1.76. The molecule has 0 radical (unpaired) electrons. The largest absolute Gasteiger partial charge is 0.378 e. The third-order valence-corrected chi connectivity index (χ3v) is 4.19. The minimum absolute atomic E-state index is 0.197. The molecule has 2 rings (SSSR count). The van der Waals surface area contributed by atoms with Gasteiger partial charge in [-0.2, -0.15) is 5.10 Å². The van der Waals surface area contributed by atoms with Crippen LogP contribution in [0.2, 0.25) is 0 Å². The topological polar surface area (TPSA) is 70.5 Å². The molecule has 1 aromatic carbocycles. The molecule has 0 saturated heterocycles. The van der Waals surface area contributed by atoms with Crippen molar-refractivity contribution in [3.63, 3.8) is 0 Å². The van der Waals surface area contributed by atoms with E-state index >= 15 is 0 Å². The quantitative estimate of drug-likeness (QED) is 0.351. The second-order valence-electron chi connectivity index (χ2n) is 5.88. The smallest absolute Gasteiger partial charge is 0.250 e. The molecule has 6 nitrogen and oxygen atoms in total. The van der Waals surface area contributed by atoms with Crippen molar-refractivity contribution >= 4 is 35.6 Å². The molecule has 0 unspecified atom stereocenters. The summed E-state index contributed by atoms with van der Waals surface area (Å²) < 4.78 is 0. The molecule has 0 atom stereocenters. The Kier molecular flexibility index (Phi) is 7.35. The number of thioether (sulfide) groups is 1. The number of nitrogens with one attached hydrogen (secondary N) is 1. The average molecular weight is 369 g/mol. The van der Waals surface area contributed by atoms with Gasteiger partial charge < -0.3 is 4.90 Å². The average Bonchev–Trinajstić information content (AvgIpc) is 2.59. The second-order valence-corrected chi connectivity index (χ2v) is 6.82. The van der Waals surface area contributed by atoms with Gasteiger partial charge in [0.05, 0.1) is 5.75 Å². The summed E-state index contributed by atoms with van der Waals surface area (Å²) in [5.74, 6) is 0.0217. The van der Waals surface area contributed by atoms with Crippen LogP contribution < -0.4 is 10.3 Å². The van der Waals surface area contributed by atoms with Crippen LogP contribution in [0, 0.1) is 13.8 Å². The van der Waals surface area contributed by atoms with E-state index in [-0.39, 0.29) is 11.7 Å². The summed E-state index contributed by atoms with van der Waals surface area (Å²) in [6.45, 7) is 3.81. The van der Waals surface area contributed by atoms with Crippen molar-refractivity contribution in [2.45, 2.75) is 19.0 Å². The van der Waals surface area contributed by atoms with E-state index in [2.05, 4.69) is 20.5 Å². The Hall–Kier alpha value is -2.67. The van der Waals surface area contributed by atoms with Gasteiger partial charge in [0.25, 0.3) is 5.91 Å². The van der Waals surface area contributed by atoms with E-state index in [1.807, 2.05) is 69.3 Å². The number of carbonyl (C=O) groups is 1. The number of nitrogens with zero attached hydrogens (tertiary/aromatic N) is 4.